The maximum absolute atomic E-state index is 11.9. The van der Waals surface area contributed by atoms with Crippen molar-refractivity contribution in [3.8, 4) is 0 Å². The molecule has 0 fully saturated rings. The number of carboxylic acids is 1. The van der Waals surface area contributed by atoms with Crippen molar-refractivity contribution < 1.29 is 14.7 Å². The van der Waals surface area contributed by atoms with E-state index in [0.717, 1.165) is 5.57 Å². The molecule has 1 N–H and O–H groups in total. The Morgan fingerprint density at radius 2 is 1.88 bits per heavy atom. The second-order valence-corrected chi connectivity index (χ2v) is 4.73. The van der Waals surface area contributed by atoms with Gasteiger partial charge >= 0.3 is 5.97 Å². The third kappa shape index (κ3) is 4.47. The molecule has 0 atom stereocenters. The van der Waals surface area contributed by atoms with Gasteiger partial charge in [-0.2, -0.15) is 0 Å². The summed E-state index contributed by atoms with van der Waals surface area (Å²) >= 11 is 0. The molecule has 0 bridgehead atoms. The number of rotatable bonds is 6. The van der Waals surface area contributed by atoms with Crippen LogP contribution in [0.25, 0.3) is 0 Å². The van der Waals surface area contributed by atoms with Crippen molar-refractivity contribution in [2.45, 2.75) is 34.1 Å². The number of carboxylic acid groups (broad SMARTS) is 1. The highest BCUT2D eigenvalue weighted by Crippen LogP contribution is 2.21. The maximum atomic E-state index is 11.9. The zero-order valence-corrected chi connectivity index (χ0v) is 10.5. The molecule has 0 spiro atoms. The standard InChI is InChI=1S/C12H21NO3/c1-6-13(8-9(2)3)10(14)7-12(4,5)11(15)16/h2,6-8H2,1,3-5H3,(H,15,16). The van der Waals surface area contributed by atoms with Crippen molar-refractivity contribution >= 4 is 11.9 Å². The van der Waals surface area contributed by atoms with Gasteiger partial charge in [-0.15, -0.1) is 0 Å². The first-order valence-electron chi connectivity index (χ1n) is 5.36. The molecule has 4 nitrogen and oxygen atoms in total. The fourth-order valence-electron chi connectivity index (χ4n) is 1.27. The maximum Gasteiger partial charge on any atom is 0.309 e. The Balaban J connectivity index is 4.54. The smallest absolute Gasteiger partial charge is 0.309 e. The van der Waals surface area contributed by atoms with Crippen molar-refractivity contribution in [2.75, 3.05) is 13.1 Å². The monoisotopic (exact) mass is 227 g/mol. The van der Waals surface area contributed by atoms with E-state index in [1.807, 2.05) is 13.8 Å². The SMILES string of the molecule is C=C(C)CN(CC)C(=O)CC(C)(C)C(=O)O. The number of hydrogen-bond acceptors (Lipinski definition) is 2. The average molecular weight is 227 g/mol. The summed E-state index contributed by atoms with van der Waals surface area (Å²) < 4.78 is 0. The van der Waals surface area contributed by atoms with E-state index in [-0.39, 0.29) is 12.3 Å². The van der Waals surface area contributed by atoms with Crippen molar-refractivity contribution in [2.24, 2.45) is 5.41 Å². The fourth-order valence-corrected chi connectivity index (χ4v) is 1.27. The van der Waals surface area contributed by atoms with E-state index in [1.165, 1.54) is 0 Å². The van der Waals surface area contributed by atoms with Gasteiger partial charge in [-0.3, -0.25) is 9.59 Å². The lowest BCUT2D eigenvalue weighted by Crippen LogP contribution is -2.37. The highest BCUT2D eigenvalue weighted by atomic mass is 16.4. The highest BCUT2D eigenvalue weighted by molar-refractivity contribution is 5.84. The van der Waals surface area contributed by atoms with Crippen LogP contribution in [0, 0.1) is 5.41 Å². The minimum absolute atomic E-state index is 0.0173. The van der Waals surface area contributed by atoms with Crippen LogP contribution < -0.4 is 0 Å². The summed E-state index contributed by atoms with van der Waals surface area (Å²) in [5.74, 6) is -1.09. The van der Waals surface area contributed by atoms with Crippen LogP contribution in [0.4, 0.5) is 0 Å². The van der Waals surface area contributed by atoms with E-state index in [1.54, 1.807) is 18.7 Å². The molecule has 0 radical (unpaired) electrons. The van der Waals surface area contributed by atoms with Crippen LogP contribution in [-0.2, 0) is 9.59 Å². The predicted molar refractivity (Wildman–Crippen MR) is 63.1 cm³/mol. The molecule has 0 aromatic rings. The largest absolute Gasteiger partial charge is 0.481 e. The quantitative estimate of drug-likeness (QED) is 0.705. The summed E-state index contributed by atoms with van der Waals surface area (Å²) in [6.07, 6.45) is 0.0173. The summed E-state index contributed by atoms with van der Waals surface area (Å²) in [7, 11) is 0. The highest BCUT2D eigenvalue weighted by Gasteiger charge is 2.31. The van der Waals surface area contributed by atoms with Crippen molar-refractivity contribution in [3.63, 3.8) is 0 Å². The number of amides is 1. The number of hydrogen-bond donors (Lipinski definition) is 1. The molecule has 0 aliphatic heterocycles. The Morgan fingerprint density at radius 3 is 2.19 bits per heavy atom. The van der Waals surface area contributed by atoms with E-state index in [0.29, 0.717) is 13.1 Å². The number of nitrogens with zero attached hydrogens (tertiary/aromatic N) is 1. The Hall–Kier alpha value is -1.32. The summed E-state index contributed by atoms with van der Waals surface area (Å²) in [6, 6.07) is 0. The number of carbonyl (C=O) groups excluding carboxylic acids is 1. The van der Waals surface area contributed by atoms with Crippen LogP contribution >= 0.6 is 0 Å². The molecule has 0 saturated heterocycles. The fraction of sp³-hybridized carbons (Fsp3) is 0.667. The molecule has 16 heavy (non-hydrogen) atoms. The van der Waals surface area contributed by atoms with Gasteiger partial charge in [-0.25, -0.2) is 0 Å². The molecule has 0 rings (SSSR count). The zero-order valence-electron chi connectivity index (χ0n) is 10.5. The Bertz CT molecular complexity index is 295. The molecule has 0 aliphatic carbocycles. The van der Waals surface area contributed by atoms with Gasteiger partial charge in [0.05, 0.1) is 5.41 Å². The number of aliphatic carboxylic acids is 1. The second kappa shape index (κ2) is 5.68. The van der Waals surface area contributed by atoms with Gasteiger partial charge in [0.25, 0.3) is 0 Å². The Kier molecular flexibility index (Phi) is 5.21. The van der Waals surface area contributed by atoms with Gasteiger partial charge in [0.2, 0.25) is 5.91 Å². The minimum Gasteiger partial charge on any atom is -0.481 e. The lowest BCUT2D eigenvalue weighted by Gasteiger charge is -2.25. The van der Waals surface area contributed by atoms with Crippen LogP contribution in [0.1, 0.15) is 34.1 Å². The van der Waals surface area contributed by atoms with Crippen LogP contribution in [0.3, 0.4) is 0 Å². The number of carbonyl (C=O) groups is 2. The Morgan fingerprint density at radius 1 is 1.38 bits per heavy atom. The molecule has 0 unspecified atom stereocenters. The molecule has 0 aromatic heterocycles. The zero-order chi connectivity index (χ0) is 12.9. The topological polar surface area (TPSA) is 57.6 Å². The van der Waals surface area contributed by atoms with E-state index in [2.05, 4.69) is 6.58 Å². The average Bonchev–Trinajstić information content (AvgIpc) is 2.12. The predicted octanol–water partition coefficient (Wildman–Crippen LogP) is 1.91. The van der Waals surface area contributed by atoms with Gasteiger partial charge in [0.1, 0.15) is 0 Å². The lowest BCUT2D eigenvalue weighted by atomic mass is 9.89. The molecule has 4 heteroatoms. The minimum atomic E-state index is -1.01. The van der Waals surface area contributed by atoms with Gasteiger partial charge in [0, 0.05) is 19.5 Å². The third-order valence-corrected chi connectivity index (χ3v) is 2.37. The van der Waals surface area contributed by atoms with Gasteiger partial charge in [-0.1, -0.05) is 12.2 Å². The van der Waals surface area contributed by atoms with Gasteiger partial charge in [0.15, 0.2) is 0 Å². The Labute approximate surface area is 96.9 Å². The summed E-state index contributed by atoms with van der Waals surface area (Å²) in [5.41, 5.74) is -0.122. The van der Waals surface area contributed by atoms with Gasteiger partial charge < -0.3 is 10.0 Å². The molecule has 0 saturated carbocycles. The van der Waals surface area contributed by atoms with Crippen LogP contribution in [-0.4, -0.2) is 35.0 Å². The number of likely N-dealkylation sites (N-methyl/N-ethyl adjacent to an activating group) is 1. The summed E-state index contributed by atoms with van der Waals surface area (Å²) in [5, 5.41) is 8.94. The van der Waals surface area contributed by atoms with Gasteiger partial charge in [-0.05, 0) is 27.7 Å². The van der Waals surface area contributed by atoms with Crippen LogP contribution in [0.2, 0.25) is 0 Å². The van der Waals surface area contributed by atoms with E-state index < -0.39 is 11.4 Å². The molecule has 1 amide bonds. The van der Waals surface area contributed by atoms with Crippen molar-refractivity contribution in [1.82, 2.24) is 4.90 Å². The summed E-state index contributed by atoms with van der Waals surface area (Å²) in [4.78, 5) is 24.4. The van der Waals surface area contributed by atoms with Crippen molar-refractivity contribution in [1.29, 1.82) is 0 Å². The first-order valence-corrected chi connectivity index (χ1v) is 5.36. The van der Waals surface area contributed by atoms with Crippen molar-refractivity contribution in [3.05, 3.63) is 12.2 Å². The molecule has 0 aliphatic rings. The van der Waals surface area contributed by atoms with Crippen LogP contribution in [0.5, 0.6) is 0 Å². The van der Waals surface area contributed by atoms with E-state index in [9.17, 15) is 9.59 Å². The molecule has 0 heterocycles. The molecule has 0 aromatic carbocycles. The molecular formula is C12H21NO3. The lowest BCUT2D eigenvalue weighted by molar-refractivity contribution is -0.151. The normalized spacial score (nSPS) is 11.0. The summed E-state index contributed by atoms with van der Waals surface area (Å²) in [6.45, 7) is 11.6. The molecular weight excluding hydrogens is 206 g/mol. The second-order valence-electron chi connectivity index (χ2n) is 4.73. The first-order chi connectivity index (χ1) is 7.20. The van der Waals surface area contributed by atoms with E-state index >= 15 is 0 Å². The third-order valence-electron chi connectivity index (χ3n) is 2.37. The van der Waals surface area contributed by atoms with Crippen LogP contribution in [0.15, 0.2) is 12.2 Å². The van der Waals surface area contributed by atoms with E-state index in [4.69, 9.17) is 5.11 Å². The first kappa shape index (κ1) is 14.7. The molecule has 92 valence electrons.